The van der Waals surface area contributed by atoms with E-state index in [0.717, 1.165) is 36.3 Å². The molecule has 2 heterocycles. The predicted octanol–water partition coefficient (Wildman–Crippen LogP) is 2.51. The Morgan fingerprint density at radius 3 is 2.62 bits per heavy atom. The molecular weight excluding hydrogens is 300 g/mol. The van der Waals surface area contributed by atoms with Crippen LogP contribution in [-0.4, -0.2) is 27.0 Å². The van der Waals surface area contributed by atoms with E-state index in [9.17, 15) is 4.79 Å². The Hall–Kier alpha value is -2.69. The lowest BCUT2D eigenvalue weighted by molar-refractivity contribution is -0.129. The van der Waals surface area contributed by atoms with Crippen LogP contribution in [0.2, 0.25) is 0 Å². The number of amides is 1. The van der Waals surface area contributed by atoms with Crippen molar-refractivity contribution in [3.8, 4) is 0 Å². The molecule has 0 bridgehead atoms. The first kappa shape index (κ1) is 14.9. The average molecular weight is 320 g/mol. The second-order valence-electron chi connectivity index (χ2n) is 6.35. The Kier molecular flexibility index (Phi) is 3.76. The van der Waals surface area contributed by atoms with Crippen LogP contribution in [0, 0.1) is 0 Å². The fourth-order valence-electron chi connectivity index (χ4n) is 3.45. The molecule has 5 nitrogen and oxygen atoms in total. The largest absolute Gasteiger partial charge is 0.355 e. The van der Waals surface area contributed by atoms with Gasteiger partial charge in [-0.25, -0.2) is 0 Å². The van der Waals surface area contributed by atoms with Crippen LogP contribution in [0.5, 0.6) is 0 Å². The summed E-state index contributed by atoms with van der Waals surface area (Å²) in [6.07, 6.45) is 5.58. The number of hydrogen-bond donors (Lipinski definition) is 1. The van der Waals surface area contributed by atoms with Crippen molar-refractivity contribution in [2.24, 2.45) is 0 Å². The normalized spacial score (nSPS) is 15.8. The molecule has 1 N–H and O–H groups in total. The summed E-state index contributed by atoms with van der Waals surface area (Å²) in [5.74, 6) is 1.00. The first-order valence-electron chi connectivity index (χ1n) is 8.42. The highest BCUT2D eigenvalue weighted by atomic mass is 16.2. The molecule has 0 radical (unpaired) electrons. The minimum absolute atomic E-state index is 0.133. The van der Waals surface area contributed by atoms with E-state index >= 15 is 0 Å². The highest BCUT2D eigenvalue weighted by Crippen LogP contribution is 2.43. The van der Waals surface area contributed by atoms with Crippen molar-refractivity contribution in [2.45, 2.75) is 31.1 Å². The summed E-state index contributed by atoms with van der Waals surface area (Å²) in [7, 11) is 0. The first-order valence-corrected chi connectivity index (χ1v) is 8.42. The van der Waals surface area contributed by atoms with Gasteiger partial charge in [0.1, 0.15) is 5.82 Å². The highest BCUT2D eigenvalue weighted by molar-refractivity contribution is 5.89. The van der Waals surface area contributed by atoms with E-state index in [-0.39, 0.29) is 11.3 Å². The van der Waals surface area contributed by atoms with Gasteiger partial charge in [0.2, 0.25) is 5.91 Å². The van der Waals surface area contributed by atoms with E-state index in [1.54, 1.807) is 0 Å². The summed E-state index contributed by atoms with van der Waals surface area (Å²) in [6, 6.07) is 15.9. The molecule has 1 aliphatic carbocycles. The van der Waals surface area contributed by atoms with Gasteiger partial charge in [0.25, 0.3) is 0 Å². The number of fused-ring (bicyclic) bond motifs is 1. The zero-order valence-corrected chi connectivity index (χ0v) is 13.5. The van der Waals surface area contributed by atoms with Crippen molar-refractivity contribution in [1.29, 1.82) is 0 Å². The van der Waals surface area contributed by atoms with Crippen molar-refractivity contribution in [1.82, 2.24) is 19.9 Å². The molecule has 0 aliphatic heterocycles. The van der Waals surface area contributed by atoms with E-state index in [4.69, 9.17) is 0 Å². The van der Waals surface area contributed by atoms with Gasteiger partial charge in [0.05, 0.1) is 5.41 Å². The number of carbonyl (C=O) groups excluding carboxylic acids is 1. The first-order chi connectivity index (χ1) is 11.8. The smallest absolute Gasteiger partial charge is 0.230 e. The van der Waals surface area contributed by atoms with Gasteiger partial charge in [-0.2, -0.15) is 0 Å². The van der Waals surface area contributed by atoms with Crippen LogP contribution in [-0.2, 0) is 16.6 Å². The summed E-state index contributed by atoms with van der Waals surface area (Å²) in [6.45, 7) is 0.573. The second-order valence-corrected chi connectivity index (χ2v) is 6.35. The van der Waals surface area contributed by atoms with Crippen LogP contribution in [0.1, 0.15) is 30.7 Å². The van der Waals surface area contributed by atoms with Crippen molar-refractivity contribution < 1.29 is 4.79 Å². The van der Waals surface area contributed by atoms with Crippen LogP contribution in [0.25, 0.3) is 5.65 Å². The van der Waals surface area contributed by atoms with E-state index in [2.05, 4.69) is 27.6 Å². The number of carbonyl (C=O) groups is 1. The summed E-state index contributed by atoms with van der Waals surface area (Å²) >= 11 is 0. The van der Waals surface area contributed by atoms with Crippen molar-refractivity contribution in [3.63, 3.8) is 0 Å². The fourth-order valence-corrected chi connectivity index (χ4v) is 3.45. The van der Waals surface area contributed by atoms with E-state index in [1.165, 1.54) is 0 Å². The number of nitrogens with one attached hydrogen (secondary N) is 1. The molecule has 0 saturated heterocycles. The molecule has 1 saturated carbocycles. The molecule has 1 aromatic carbocycles. The summed E-state index contributed by atoms with van der Waals surface area (Å²) < 4.78 is 1.96. The molecule has 5 heteroatoms. The zero-order valence-electron chi connectivity index (χ0n) is 13.5. The average Bonchev–Trinajstić information content (AvgIpc) is 2.98. The fraction of sp³-hybridized carbons (Fsp3) is 0.316. The van der Waals surface area contributed by atoms with Crippen LogP contribution in [0.4, 0.5) is 0 Å². The Morgan fingerprint density at radius 1 is 1.08 bits per heavy atom. The third-order valence-corrected chi connectivity index (χ3v) is 4.99. The number of pyridine rings is 1. The van der Waals surface area contributed by atoms with Gasteiger partial charge in [-0.05, 0) is 30.5 Å². The lowest BCUT2D eigenvalue weighted by atomic mass is 9.64. The van der Waals surface area contributed by atoms with E-state index in [0.29, 0.717) is 13.0 Å². The molecule has 1 fully saturated rings. The molecule has 122 valence electrons. The molecule has 1 amide bonds. The monoisotopic (exact) mass is 320 g/mol. The lowest BCUT2D eigenvalue weighted by Gasteiger charge is -2.40. The summed E-state index contributed by atoms with van der Waals surface area (Å²) in [5, 5.41) is 11.5. The molecule has 4 rings (SSSR count). The van der Waals surface area contributed by atoms with Crippen molar-refractivity contribution >= 4 is 11.6 Å². The van der Waals surface area contributed by atoms with E-state index in [1.807, 2.05) is 47.0 Å². The standard InChI is InChI=1S/C19H20N4O/c24-18(19(11-6-12-19)15-7-2-1-3-8-15)20-13-10-17-22-21-16-9-4-5-14-23(16)17/h1-5,7-9,14H,6,10-13H2,(H,20,24). The molecule has 0 atom stereocenters. The van der Waals surface area contributed by atoms with Gasteiger partial charge in [0.15, 0.2) is 5.65 Å². The second kappa shape index (κ2) is 6.07. The van der Waals surface area contributed by atoms with Gasteiger partial charge < -0.3 is 5.32 Å². The Labute approximate surface area is 140 Å². The predicted molar refractivity (Wildman–Crippen MR) is 91.7 cm³/mol. The minimum Gasteiger partial charge on any atom is -0.355 e. The topological polar surface area (TPSA) is 59.3 Å². The molecule has 0 spiro atoms. The zero-order chi connectivity index (χ0) is 16.4. The van der Waals surface area contributed by atoms with Gasteiger partial charge in [-0.3, -0.25) is 9.20 Å². The van der Waals surface area contributed by atoms with Gasteiger partial charge >= 0.3 is 0 Å². The maximum atomic E-state index is 12.8. The van der Waals surface area contributed by atoms with Gasteiger partial charge in [0, 0.05) is 19.2 Å². The number of hydrogen-bond acceptors (Lipinski definition) is 3. The minimum atomic E-state index is -0.339. The van der Waals surface area contributed by atoms with Crippen LogP contribution in [0.3, 0.4) is 0 Å². The summed E-state index contributed by atoms with van der Waals surface area (Å²) in [5.41, 5.74) is 1.62. The number of benzene rings is 1. The maximum Gasteiger partial charge on any atom is 0.230 e. The number of nitrogens with zero attached hydrogens (tertiary/aromatic N) is 3. The van der Waals surface area contributed by atoms with Crippen LogP contribution in [0.15, 0.2) is 54.7 Å². The number of rotatable bonds is 5. The van der Waals surface area contributed by atoms with Crippen molar-refractivity contribution in [2.75, 3.05) is 6.54 Å². The van der Waals surface area contributed by atoms with Crippen LogP contribution < -0.4 is 5.32 Å². The van der Waals surface area contributed by atoms with E-state index < -0.39 is 0 Å². The molecule has 2 aromatic heterocycles. The molecule has 24 heavy (non-hydrogen) atoms. The molecule has 3 aromatic rings. The van der Waals surface area contributed by atoms with Gasteiger partial charge in [-0.15, -0.1) is 10.2 Å². The molecular formula is C19H20N4O. The maximum absolute atomic E-state index is 12.8. The molecule has 1 aliphatic rings. The SMILES string of the molecule is O=C(NCCc1nnc2ccccn12)C1(c2ccccc2)CCC1. The third-order valence-electron chi connectivity index (χ3n) is 4.99. The number of aromatic nitrogens is 3. The molecule has 0 unspecified atom stereocenters. The lowest BCUT2D eigenvalue weighted by Crippen LogP contribution is -2.49. The Morgan fingerprint density at radius 2 is 1.88 bits per heavy atom. The Balaban J connectivity index is 1.43. The third kappa shape index (κ3) is 2.46. The van der Waals surface area contributed by atoms with Crippen LogP contribution >= 0.6 is 0 Å². The summed E-state index contributed by atoms with van der Waals surface area (Å²) in [4.78, 5) is 12.8. The van der Waals surface area contributed by atoms with Crippen molar-refractivity contribution in [3.05, 3.63) is 66.1 Å². The van der Waals surface area contributed by atoms with Gasteiger partial charge in [-0.1, -0.05) is 42.8 Å². The quantitative estimate of drug-likeness (QED) is 0.786. The highest BCUT2D eigenvalue weighted by Gasteiger charge is 2.45. The Bertz CT molecular complexity index is 852.